The number of hydrogen-bond acceptors (Lipinski definition) is 3. The van der Waals surface area contributed by atoms with Crippen molar-refractivity contribution in [1.82, 2.24) is 9.66 Å². The van der Waals surface area contributed by atoms with E-state index in [2.05, 4.69) is 30.0 Å². The number of nitrogens with zero attached hydrogens (tertiary/aromatic N) is 3. The SMILES string of the molecule is Cc1cn(N=Cc2cccc(C)c2C)c(N)n1. The van der Waals surface area contributed by atoms with Crippen LogP contribution >= 0.6 is 0 Å². The molecule has 1 aromatic heterocycles. The molecule has 0 saturated heterocycles. The van der Waals surface area contributed by atoms with Gasteiger partial charge in [0.1, 0.15) is 0 Å². The van der Waals surface area contributed by atoms with Crippen molar-refractivity contribution in [2.24, 2.45) is 5.10 Å². The van der Waals surface area contributed by atoms with Crippen LogP contribution in [0.15, 0.2) is 29.5 Å². The van der Waals surface area contributed by atoms with Gasteiger partial charge in [-0.1, -0.05) is 18.2 Å². The van der Waals surface area contributed by atoms with E-state index in [1.54, 1.807) is 17.1 Å². The van der Waals surface area contributed by atoms with Gasteiger partial charge in [-0.15, -0.1) is 0 Å². The summed E-state index contributed by atoms with van der Waals surface area (Å²) in [7, 11) is 0. The predicted molar refractivity (Wildman–Crippen MR) is 70.3 cm³/mol. The quantitative estimate of drug-likeness (QED) is 0.802. The molecule has 0 amide bonds. The van der Waals surface area contributed by atoms with Crippen molar-refractivity contribution in [3.8, 4) is 0 Å². The van der Waals surface area contributed by atoms with E-state index in [-0.39, 0.29) is 0 Å². The molecule has 0 unspecified atom stereocenters. The third-order valence-electron chi connectivity index (χ3n) is 2.80. The van der Waals surface area contributed by atoms with E-state index in [9.17, 15) is 0 Å². The molecule has 0 atom stereocenters. The standard InChI is InChI=1S/C13H16N4/c1-9-5-4-6-12(11(9)3)7-15-17-8-10(2)16-13(17)14/h4-8H,1-3H3,(H2,14,16). The fourth-order valence-corrected chi connectivity index (χ4v) is 1.63. The summed E-state index contributed by atoms with van der Waals surface area (Å²) in [6, 6.07) is 6.14. The van der Waals surface area contributed by atoms with Crippen molar-refractivity contribution < 1.29 is 0 Å². The highest BCUT2D eigenvalue weighted by Crippen LogP contribution is 2.11. The van der Waals surface area contributed by atoms with Crippen molar-refractivity contribution in [3.05, 3.63) is 46.8 Å². The summed E-state index contributed by atoms with van der Waals surface area (Å²) in [5.41, 5.74) is 10.1. The number of imidazole rings is 1. The van der Waals surface area contributed by atoms with E-state index >= 15 is 0 Å². The molecule has 0 spiro atoms. The molecule has 0 aliphatic carbocycles. The molecule has 2 N–H and O–H groups in total. The van der Waals surface area contributed by atoms with E-state index in [1.807, 2.05) is 19.1 Å². The van der Waals surface area contributed by atoms with E-state index < -0.39 is 0 Å². The normalized spacial score (nSPS) is 11.2. The Morgan fingerprint density at radius 3 is 2.71 bits per heavy atom. The van der Waals surface area contributed by atoms with Crippen LogP contribution in [0.4, 0.5) is 5.95 Å². The second kappa shape index (κ2) is 4.41. The maximum Gasteiger partial charge on any atom is 0.221 e. The van der Waals surface area contributed by atoms with Gasteiger partial charge in [-0.2, -0.15) is 5.10 Å². The number of aryl methyl sites for hydroxylation is 2. The van der Waals surface area contributed by atoms with E-state index in [0.29, 0.717) is 5.95 Å². The highest BCUT2D eigenvalue weighted by molar-refractivity contribution is 5.82. The van der Waals surface area contributed by atoms with Crippen LogP contribution < -0.4 is 5.73 Å². The van der Waals surface area contributed by atoms with Crippen LogP contribution in [0.1, 0.15) is 22.4 Å². The molecule has 0 bridgehead atoms. The van der Waals surface area contributed by atoms with Gasteiger partial charge in [0, 0.05) is 0 Å². The Bertz CT molecular complexity index is 567. The first-order valence-electron chi connectivity index (χ1n) is 5.50. The average molecular weight is 228 g/mol. The van der Waals surface area contributed by atoms with Gasteiger partial charge >= 0.3 is 0 Å². The number of nitrogen functional groups attached to an aromatic ring is 1. The Morgan fingerprint density at radius 1 is 1.29 bits per heavy atom. The lowest BCUT2D eigenvalue weighted by Crippen LogP contribution is -1.98. The van der Waals surface area contributed by atoms with Crippen LogP contribution in [0.3, 0.4) is 0 Å². The van der Waals surface area contributed by atoms with E-state index in [1.165, 1.54) is 11.1 Å². The first-order chi connectivity index (χ1) is 8.08. The molecule has 0 aliphatic rings. The molecule has 4 nitrogen and oxygen atoms in total. The zero-order chi connectivity index (χ0) is 12.4. The number of hydrogen-bond donors (Lipinski definition) is 1. The molecule has 0 fully saturated rings. The summed E-state index contributed by atoms with van der Waals surface area (Å²) >= 11 is 0. The lowest BCUT2D eigenvalue weighted by Gasteiger charge is -2.03. The topological polar surface area (TPSA) is 56.2 Å². The Hall–Kier alpha value is -2.10. The first-order valence-corrected chi connectivity index (χ1v) is 5.50. The number of benzene rings is 1. The fourth-order valence-electron chi connectivity index (χ4n) is 1.63. The lowest BCUT2D eigenvalue weighted by molar-refractivity contribution is 0.896. The van der Waals surface area contributed by atoms with Gasteiger partial charge in [0.15, 0.2) is 0 Å². The molecule has 4 heteroatoms. The minimum absolute atomic E-state index is 0.407. The average Bonchev–Trinajstić information content (AvgIpc) is 2.60. The van der Waals surface area contributed by atoms with Crippen molar-refractivity contribution in [2.75, 3.05) is 5.73 Å². The van der Waals surface area contributed by atoms with Crippen LogP contribution in [0.2, 0.25) is 0 Å². The highest BCUT2D eigenvalue weighted by Gasteiger charge is 2.00. The summed E-state index contributed by atoms with van der Waals surface area (Å²) in [4.78, 5) is 4.09. The Labute approximate surface area is 101 Å². The smallest absolute Gasteiger partial charge is 0.221 e. The van der Waals surface area contributed by atoms with Crippen LogP contribution in [-0.2, 0) is 0 Å². The zero-order valence-electron chi connectivity index (χ0n) is 10.3. The Kier molecular flexibility index (Phi) is 2.95. The molecular formula is C13H16N4. The second-order valence-electron chi connectivity index (χ2n) is 4.12. The monoisotopic (exact) mass is 228 g/mol. The summed E-state index contributed by atoms with van der Waals surface area (Å²) in [6.45, 7) is 6.06. The van der Waals surface area contributed by atoms with Crippen LogP contribution in [0.25, 0.3) is 0 Å². The Morgan fingerprint density at radius 2 is 2.06 bits per heavy atom. The molecule has 0 radical (unpaired) electrons. The molecule has 1 heterocycles. The van der Waals surface area contributed by atoms with Gasteiger partial charge in [0.05, 0.1) is 18.1 Å². The van der Waals surface area contributed by atoms with Gasteiger partial charge in [-0.25, -0.2) is 9.66 Å². The number of rotatable bonds is 2. The number of anilines is 1. The van der Waals surface area contributed by atoms with Crippen molar-refractivity contribution >= 4 is 12.2 Å². The van der Waals surface area contributed by atoms with Crippen molar-refractivity contribution in [2.45, 2.75) is 20.8 Å². The van der Waals surface area contributed by atoms with Gasteiger partial charge in [-0.3, -0.25) is 0 Å². The molecule has 2 rings (SSSR count). The molecule has 17 heavy (non-hydrogen) atoms. The molecule has 0 aliphatic heterocycles. The molecule has 1 aromatic carbocycles. The third kappa shape index (κ3) is 2.36. The second-order valence-corrected chi connectivity index (χ2v) is 4.12. The highest BCUT2D eigenvalue weighted by atomic mass is 15.4. The van der Waals surface area contributed by atoms with Crippen LogP contribution in [0, 0.1) is 20.8 Å². The molecular weight excluding hydrogens is 212 g/mol. The summed E-state index contributed by atoms with van der Waals surface area (Å²) in [6.07, 6.45) is 3.61. The van der Waals surface area contributed by atoms with Gasteiger partial charge in [-0.05, 0) is 37.5 Å². The molecule has 88 valence electrons. The van der Waals surface area contributed by atoms with Gasteiger partial charge in [0.25, 0.3) is 0 Å². The fraction of sp³-hybridized carbons (Fsp3) is 0.231. The summed E-state index contributed by atoms with van der Waals surface area (Å²) in [5.74, 6) is 0.407. The van der Waals surface area contributed by atoms with Gasteiger partial charge in [0.2, 0.25) is 5.95 Å². The van der Waals surface area contributed by atoms with Gasteiger partial charge < -0.3 is 5.73 Å². The largest absolute Gasteiger partial charge is 0.368 e. The van der Waals surface area contributed by atoms with Crippen LogP contribution in [-0.4, -0.2) is 15.9 Å². The Balaban J connectivity index is 2.32. The summed E-state index contributed by atoms with van der Waals surface area (Å²) < 4.78 is 1.58. The number of nitrogens with two attached hydrogens (primary N) is 1. The van der Waals surface area contributed by atoms with E-state index in [4.69, 9.17) is 5.73 Å². The third-order valence-corrected chi connectivity index (χ3v) is 2.80. The zero-order valence-corrected chi connectivity index (χ0v) is 10.3. The minimum Gasteiger partial charge on any atom is -0.368 e. The summed E-state index contributed by atoms with van der Waals surface area (Å²) in [5, 5.41) is 4.30. The van der Waals surface area contributed by atoms with Crippen molar-refractivity contribution in [1.29, 1.82) is 0 Å². The lowest BCUT2D eigenvalue weighted by atomic mass is 10.0. The van der Waals surface area contributed by atoms with E-state index in [0.717, 1.165) is 11.3 Å². The first kappa shape index (κ1) is 11.4. The molecule has 0 saturated carbocycles. The van der Waals surface area contributed by atoms with Crippen LogP contribution in [0.5, 0.6) is 0 Å². The maximum absolute atomic E-state index is 5.71. The maximum atomic E-state index is 5.71. The van der Waals surface area contributed by atoms with Crippen molar-refractivity contribution in [3.63, 3.8) is 0 Å². The predicted octanol–water partition coefficient (Wildman–Crippen LogP) is 2.27. The number of aromatic nitrogens is 2. The minimum atomic E-state index is 0.407. The molecule has 2 aromatic rings.